The van der Waals surface area contributed by atoms with Gasteiger partial charge in [-0.05, 0) is 37.2 Å². The summed E-state index contributed by atoms with van der Waals surface area (Å²) in [5, 5.41) is 2.76. The first-order chi connectivity index (χ1) is 13.0. The average Bonchev–Trinajstić information content (AvgIpc) is 2.69. The van der Waals surface area contributed by atoms with Crippen LogP contribution >= 0.6 is 0 Å². The number of amides is 2. The third kappa shape index (κ3) is 4.89. The van der Waals surface area contributed by atoms with Crippen LogP contribution in [-0.2, 0) is 6.42 Å². The van der Waals surface area contributed by atoms with Gasteiger partial charge in [0.25, 0.3) is 11.8 Å². The number of aromatic nitrogens is 1. The lowest BCUT2D eigenvalue weighted by Gasteiger charge is -2.32. The van der Waals surface area contributed by atoms with E-state index in [0.717, 1.165) is 13.1 Å². The number of pyridine rings is 1. The Morgan fingerprint density at radius 3 is 2.63 bits per heavy atom. The van der Waals surface area contributed by atoms with E-state index in [4.69, 9.17) is 0 Å². The van der Waals surface area contributed by atoms with E-state index < -0.39 is 0 Å². The maximum Gasteiger partial charge on any atom is 0.272 e. The molecular weight excluding hydrogens is 347 g/mol. The van der Waals surface area contributed by atoms with Gasteiger partial charge in [0.2, 0.25) is 0 Å². The number of nitrogens with zero attached hydrogens (tertiary/aromatic N) is 3. The van der Waals surface area contributed by atoms with Crippen LogP contribution in [0.1, 0.15) is 26.4 Å². The molecule has 0 saturated carbocycles. The molecule has 1 aromatic heterocycles. The minimum absolute atomic E-state index is 0.163. The number of likely N-dealkylation sites (N-methyl/N-ethyl adjacent to an activating group) is 1. The SMILES string of the molecule is CN1CCN(C(=O)c2cc(C(=O)NCCc3ccccc3F)ccn2)CC1. The zero-order valence-electron chi connectivity index (χ0n) is 15.3. The van der Waals surface area contributed by atoms with Gasteiger partial charge in [-0.3, -0.25) is 14.6 Å². The summed E-state index contributed by atoms with van der Waals surface area (Å²) >= 11 is 0. The van der Waals surface area contributed by atoms with Gasteiger partial charge in [-0.1, -0.05) is 18.2 Å². The second kappa shape index (κ2) is 8.73. The van der Waals surface area contributed by atoms with E-state index in [0.29, 0.717) is 37.2 Å². The topological polar surface area (TPSA) is 65.5 Å². The summed E-state index contributed by atoms with van der Waals surface area (Å²) in [6.07, 6.45) is 1.87. The Hall–Kier alpha value is -2.80. The number of benzene rings is 1. The van der Waals surface area contributed by atoms with Gasteiger partial charge < -0.3 is 15.1 Å². The third-order valence-corrected chi connectivity index (χ3v) is 4.67. The molecule has 1 aliphatic heterocycles. The Morgan fingerprint density at radius 1 is 1.15 bits per heavy atom. The highest BCUT2D eigenvalue weighted by Crippen LogP contribution is 2.09. The van der Waals surface area contributed by atoms with E-state index in [1.165, 1.54) is 18.3 Å². The molecule has 0 unspecified atom stereocenters. The molecule has 1 aliphatic rings. The molecule has 0 atom stereocenters. The van der Waals surface area contributed by atoms with Gasteiger partial charge in [-0.2, -0.15) is 0 Å². The molecule has 142 valence electrons. The van der Waals surface area contributed by atoms with E-state index in [1.807, 2.05) is 7.05 Å². The maximum atomic E-state index is 13.6. The van der Waals surface area contributed by atoms with E-state index in [1.54, 1.807) is 29.2 Å². The Labute approximate surface area is 158 Å². The molecule has 0 spiro atoms. The summed E-state index contributed by atoms with van der Waals surface area (Å²) in [5.74, 6) is -0.749. The second-order valence-electron chi connectivity index (χ2n) is 6.62. The van der Waals surface area contributed by atoms with Crippen LogP contribution in [0.2, 0.25) is 0 Å². The molecular formula is C20H23FN4O2. The quantitative estimate of drug-likeness (QED) is 0.868. The Bertz CT molecular complexity index is 819. The number of hydrogen-bond acceptors (Lipinski definition) is 4. The lowest BCUT2D eigenvalue weighted by atomic mass is 10.1. The van der Waals surface area contributed by atoms with Crippen molar-refractivity contribution in [1.29, 1.82) is 0 Å². The van der Waals surface area contributed by atoms with Gasteiger partial charge in [-0.15, -0.1) is 0 Å². The van der Waals surface area contributed by atoms with E-state index in [2.05, 4.69) is 15.2 Å². The van der Waals surface area contributed by atoms with Crippen molar-refractivity contribution >= 4 is 11.8 Å². The zero-order chi connectivity index (χ0) is 19.2. The van der Waals surface area contributed by atoms with Crippen molar-refractivity contribution < 1.29 is 14.0 Å². The Balaban J connectivity index is 1.58. The molecule has 27 heavy (non-hydrogen) atoms. The second-order valence-corrected chi connectivity index (χ2v) is 6.62. The van der Waals surface area contributed by atoms with E-state index in [9.17, 15) is 14.0 Å². The molecule has 6 nitrogen and oxygen atoms in total. The lowest BCUT2D eigenvalue weighted by molar-refractivity contribution is 0.0658. The first kappa shape index (κ1) is 19.0. The number of hydrogen-bond donors (Lipinski definition) is 1. The van der Waals surface area contributed by atoms with Crippen LogP contribution in [-0.4, -0.2) is 66.4 Å². The molecule has 2 amide bonds. The minimum Gasteiger partial charge on any atom is -0.352 e. The molecule has 1 saturated heterocycles. The minimum atomic E-state index is -0.304. The van der Waals surface area contributed by atoms with Gasteiger partial charge in [0.1, 0.15) is 11.5 Å². The molecule has 7 heteroatoms. The first-order valence-electron chi connectivity index (χ1n) is 9.00. The van der Waals surface area contributed by atoms with Crippen LogP contribution in [0, 0.1) is 5.82 Å². The van der Waals surface area contributed by atoms with E-state index >= 15 is 0 Å². The summed E-state index contributed by atoms with van der Waals surface area (Å²) in [6.45, 7) is 3.25. The highest BCUT2D eigenvalue weighted by molar-refractivity contribution is 5.98. The van der Waals surface area contributed by atoms with Crippen molar-refractivity contribution in [3.63, 3.8) is 0 Å². The summed E-state index contributed by atoms with van der Waals surface area (Å²) in [6, 6.07) is 9.57. The van der Waals surface area contributed by atoms with Gasteiger partial charge in [0.05, 0.1) is 0 Å². The van der Waals surface area contributed by atoms with Crippen molar-refractivity contribution in [1.82, 2.24) is 20.1 Å². The average molecular weight is 370 g/mol. The van der Waals surface area contributed by atoms with Crippen LogP contribution in [0.15, 0.2) is 42.6 Å². The highest BCUT2D eigenvalue weighted by atomic mass is 19.1. The Morgan fingerprint density at radius 2 is 1.89 bits per heavy atom. The van der Waals surface area contributed by atoms with Crippen molar-refractivity contribution in [3.8, 4) is 0 Å². The van der Waals surface area contributed by atoms with Crippen LogP contribution in [0.25, 0.3) is 0 Å². The highest BCUT2D eigenvalue weighted by Gasteiger charge is 2.22. The van der Waals surface area contributed by atoms with Crippen LogP contribution in [0.3, 0.4) is 0 Å². The molecule has 1 N–H and O–H groups in total. The van der Waals surface area contributed by atoms with Crippen molar-refractivity contribution in [3.05, 3.63) is 65.2 Å². The number of rotatable bonds is 5. The number of nitrogens with one attached hydrogen (secondary N) is 1. The zero-order valence-corrected chi connectivity index (χ0v) is 15.3. The van der Waals surface area contributed by atoms with Gasteiger partial charge in [0.15, 0.2) is 0 Å². The van der Waals surface area contributed by atoms with Crippen molar-refractivity contribution in [2.24, 2.45) is 0 Å². The summed E-state index contributed by atoms with van der Waals surface area (Å²) in [7, 11) is 2.02. The lowest BCUT2D eigenvalue weighted by Crippen LogP contribution is -2.47. The number of carbonyl (C=O) groups is 2. The molecule has 2 heterocycles. The summed E-state index contributed by atoms with van der Waals surface area (Å²) in [5.41, 5.74) is 1.19. The molecule has 1 fully saturated rings. The fraction of sp³-hybridized carbons (Fsp3) is 0.350. The number of carbonyl (C=O) groups excluding carboxylic acids is 2. The third-order valence-electron chi connectivity index (χ3n) is 4.67. The standard InChI is InChI=1S/C20H23FN4O2/c1-24-10-12-25(13-11-24)20(27)18-14-16(7-8-22-18)19(26)23-9-6-15-4-2-3-5-17(15)21/h2-5,7-8,14H,6,9-13H2,1H3,(H,23,26). The molecule has 0 bridgehead atoms. The monoisotopic (exact) mass is 370 g/mol. The molecule has 2 aromatic rings. The first-order valence-corrected chi connectivity index (χ1v) is 9.00. The summed E-state index contributed by atoms with van der Waals surface area (Å²) in [4.78, 5) is 33.0. The predicted molar refractivity (Wildman–Crippen MR) is 100 cm³/mol. The van der Waals surface area contributed by atoms with Crippen LogP contribution in [0.4, 0.5) is 4.39 Å². The van der Waals surface area contributed by atoms with Gasteiger partial charge in [-0.25, -0.2) is 4.39 Å². The normalized spacial score (nSPS) is 14.8. The van der Waals surface area contributed by atoms with Gasteiger partial charge in [0, 0.05) is 44.5 Å². The van der Waals surface area contributed by atoms with Crippen molar-refractivity contribution in [2.75, 3.05) is 39.8 Å². The largest absolute Gasteiger partial charge is 0.352 e. The Kier molecular flexibility index (Phi) is 6.13. The predicted octanol–water partition coefficient (Wildman–Crippen LogP) is 1.58. The summed E-state index contributed by atoms with van der Waals surface area (Å²) < 4.78 is 13.6. The van der Waals surface area contributed by atoms with Crippen LogP contribution in [0.5, 0.6) is 0 Å². The smallest absolute Gasteiger partial charge is 0.272 e. The molecule has 3 rings (SSSR count). The van der Waals surface area contributed by atoms with E-state index in [-0.39, 0.29) is 23.3 Å². The fourth-order valence-corrected chi connectivity index (χ4v) is 2.97. The number of piperazine rings is 1. The van der Waals surface area contributed by atoms with Crippen molar-refractivity contribution in [2.45, 2.75) is 6.42 Å². The molecule has 0 aliphatic carbocycles. The molecule has 0 radical (unpaired) electrons. The fourth-order valence-electron chi connectivity index (χ4n) is 2.97. The molecule has 1 aromatic carbocycles. The van der Waals surface area contributed by atoms with Gasteiger partial charge >= 0.3 is 0 Å². The number of halogens is 1. The maximum absolute atomic E-state index is 13.6. The van der Waals surface area contributed by atoms with Crippen LogP contribution < -0.4 is 5.32 Å².